The third kappa shape index (κ3) is 7.72. The van der Waals surface area contributed by atoms with Crippen LogP contribution in [0.5, 0.6) is 0 Å². The molecule has 0 aliphatic heterocycles. The average Bonchev–Trinajstić information content (AvgIpc) is 2.74. The summed E-state index contributed by atoms with van der Waals surface area (Å²) in [4.78, 5) is 27.6. The highest BCUT2D eigenvalue weighted by atomic mass is 79.9. The van der Waals surface area contributed by atoms with Crippen LogP contribution in [-0.4, -0.2) is 50.5 Å². The molecule has 33 heavy (non-hydrogen) atoms. The molecule has 0 spiro atoms. The van der Waals surface area contributed by atoms with Crippen LogP contribution in [0.3, 0.4) is 0 Å². The monoisotopic (exact) mass is 557 g/mol. The minimum absolute atomic E-state index is 0.0579. The van der Waals surface area contributed by atoms with Crippen LogP contribution in [0, 0.1) is 5.92 Å². The van der Waals surface area contributed by atoms with Crippen molar-refractivity contribution in [2.75, 3.05) is 23.7 Å². The third-order valence-electron chi connectivity index (χ3n) is 4.95. The average molecular weight is 559 g/mol. The van der Waals surface area contributed by atoms with Gasteiger partial charge in [-0.25, -0.2) is 8.42 Å². The minimum atomic E-state index is -3.79. The van der Waals surface area contributed by atoms with Gasteiger partial charge in [-0.3, -0.25) is 13.9 Å². The van der Waals surface area contributed by atoms with E-state index in [-0.39, 0.29) is 18.4 Å². The van der Waals surface area contributed by atoms with Crippen LogP contribution in [0.15, 0.2) is 53.0 Å². The van der Waals surface area contributed by atoms with E-state index >= 15 is 0 Å². The van der Waals surface area contributed by atoms with Crippen LogP contribution in [0.25, 0.3) is 0 Å². The molecular formula is C23H29BrClN3O4S. The summed E-state index contributed by atoms with van der Waals surface area (Å²) in [7, 11) is -3.79. The van der Waals surface area contributed by atoms with Gasteiger partial charge in [-0.05, 0) is 52.5 Å². The summed E-state index contributed by atoms with van der Waals surface area (Å²) >= 11 is 9.66. The Morgan fingerprint density at radius 3 is 2.24 bits per heavy atom. The maximum Gasteiger partial charge on any atom is 0.244 e. The Morgan fingerprint density at radius 1 is 1.06 bits per heavy atom. The molecule has 1 atom stereocenters. The number of anilines is 1. The molecule has 0 bridgehead atoms. The fourth-order valence-corrected chi connectivity index (χ4v) is 4.77. The van der Waals surface area contributed by atoms with Crippen molar-refractivity contribution in [1.29, 1.82) is 0 Å². The van der Waals surface area contributed by atoms with E-state index in [9.17, 15) is 18.0 Å². The van der Waals surface area contributed by atoms with Crippen molar-refractivity contribution >= 4 is 55.1 Å². The highest BCUT2D eigenvalue weighted by Crippen LogP contribution is 2.28. The molecule has 0 aliphatic rings. The second kappa shape index (κ2) is 11.9. The van der Waals surface area contributed by atoms with Gasteiger partial charge >= 0.3 is 0 Å². The maximum atomic E-state index is 13.5. The van der Waals surface area contributed by atoms with Gasteiger partial charge in [0.1, 0.15) is 12.6 Å². The van der Waals surface area contributed by atoms with Crippen LogP contribution < -0.4 is 9.62 Å². The fourth-order valence-electron chi connectivity index (χ4n) is 3.09. The Morgan fingerprint density at radius 2 is 1.67 bits per heavy atom. The Balaban J connectivity index is 2.39. The lowest BCUT2D eigenvalue weighted by atomic mass is 10.1. The lowest BCUT2D eigenvalue weighted by Gasteiger charge is -2.32. The van der Waals surface area contributed by atoms with Crippen molar-refractivity contribution in [1.82, 2.24) is 10.2 Å². The highest BCUT2D eigenvalue weighted by molar-refractivity contribution is 9.10. The van der Waals surface area contributed by atoms with Crippen LogP contribution >= 0.6 is 27.5 Å². The molecule has 180 valence electrons. The van der Waals surface area contributed by atoms with Gasteiger partial charge in [0.05, 0.1) is 11.9 Å². The Bertz CT molecular complexity index is 1090. The van der Waals surface area contributed by atoms with Crippen molar-refractivity contribution in [2.45, 2.75) is 33.4 Å². The molecule has 0 unspecified atom stereocenters. The van der Waals surface area contributed by atoms with Crippen LogP contribution in [0.4, 0.5) is 5.69 Å². The van der Waals surface area contributed by atoms with Gasteiger partial charge in [-0.2, -0.15) is 0 Å². The number of amides is 2. The number of halogens is 2. The van der Waals surface area contributed by atoms with E-state index in [1.165, 1.54) is 4.90 Å². The summed E-state index contributed by atoms with van der Waals surface area (Å²) < 4.78 is 26.7. The third-order valence-corrected chi connectivity index (χ3v) is 7.12. The zero-order valence-corrected chi connectivity index (χ0v) is 22.2. The second-order valence-electron chi connectivity index (χ2n) is 8.15. The molecule has 2 aromatic carbocycles. The molecule has 0 heterocycles. The number of hydrogen-bond donors (Lipinski definition) is 1. The zero-order valence-electron chi connectivity index (χ0n) is 19.1. The number of para-hydroxylation sites is 1. The number of rotatable bonds is 10. The molecule has 2 amide bonds. The molecule has 7 nitrogen and oxygen atoms in total. The minimum Gasteiger partial charge on any atom is -0.354 e. The van der Waals surface area contributed by atoms with Gasteiger partial charge in [-0.15, -0.1) is 0 Å². The van der Waals surface area contributed by atoms with E-state index < -0.39 is 28.5 Å². The lowest BCUT2D eigenvalue weighted by Crippen LogP contribution is -2.51. The first-order valence-electron chi connectivity index (χ1n) is 10.4. The molecule has 10 heteroatoms. The van der Waals surface area contributed by atoms with Crippen LogP contribution in [0.1, 0.15) is 26.3 Å². The number of nitrogens with zero attached hydrogens (tertiary/aromatic N) is 2. The smallest absolute Gasteiger partial charge is 0.244 e. The Hall–Kier alpha value is -2.10. The largest absolute Gasteiger partial charge is 0.354 e. The quantitative estimate of drug-likeness (QED) is 0.477. The molecule has 0 aliphatic carbocycles. The molecule has 1 N–H and O–H groups in total. The first kappa shape index (κ1) is 27.1. The number of benzene rings is 2. The predicted octanol–water partition coefficient (Wildman–Crippen LogP) is 4.06. The van der Waals surface area contributed by atoms with Gasteiger partial charge in [0.2, 0.25) is 21.8 Å². The van der Waals surface area contributed by atoms with Crippen molar-refractivity contribution in [3.05, 3.63) is 63.6 Å². The summed E-state index contributed by atoms with van der Waals surface area (Å²) in [5, 5.41) is 3.29. The predicted molar refractivity (Wildman–Crippen MR) is 136 cm³/mol. The molecule has 0 fully saturated rings. The zero-order chi connectivity index (χ0) is 24.8. The fraction of sp³-hybridized carbons (Fsp3) is 0.391. The number of nitrogens with one attached hydrogen (secondary N) is 1. The Labute approximate surface area is 209 Å². The summed E-state index contributed by atoms with van der Waals surface area (Å²) in [5.74, 6) is -0.607. The highest BCUT2D eigenvalue weighted by Gasteiger charge is 2.31. The SMILES string of the molecule is CC(C)CNC(=O)[C@@H](C)N(Cc1ccccc1Cl)C(=O)CN(c1ccccc1Br)S(C)(=O)=O. The number of hydrogen-bond acceptors (Lipinski definition) is 4. The van der Waals surface area contributed by atoms with Crippen LogP contribution in [-0.2, 0) is 26.2 Å². The van der Waals surface area contributed by atoms with Gasteiger partial charge < -0.3 is 10.2 Å². The number of carbonyl (C=O) groups is 2. The molecule has 0 saturated heterocycles. The number of carbonyl (C=O) groups excluding carboxylic acids is 2. The van der Waals surface area contributed by atoms with E-state index in [1.807, 2.05) is 13.8 Å². The van der Waals surface area contributed by atoms with Crippen molar-refractivity contribution in [2.24, 2.45) is 5.92 Å². The molecule has 0 saturated carbocycles. The van der Waals surface area contributed by atoms with Gasteiger partial charge in [0.25, 0.3) is 0 Å². The Kier molecular flexibility index (Phi) is 9.75. The number of sulfonamides is 1. The van der Waals surface area contributed by atoms with Crippen LogP contribution in [0.2, 0.25) is 5.02 Å². The standard InChI is InChI=1S/C23H29BrClN3O4S/c1-16(2)13-26-23(30)17(3)27(14-18-9-5-7-11-20(18)25)22(29)15-28(33(4,31)32)21-12-8-6-10-19(21)24/h5-12,16-17H,13-15H2,1-4H3,(H,26,30)/t17-/m1/s1. The second-order valence-corrected chi connectivity index (χ2v) is 11.3. The van der Waals surface area contributed by atoms with Gasteiger partial charge in [-0.1, -0.05) is 55.8 Å². The van der Waals surface area contributed by atoms with Crippen molar-refractivity contribution in [3.8, 4) is 0 Å². The van der Waals surface area contributed by atoms with Crippen molar-refractivity contribution < 1.29 is 18.0 Å². The van der Waals surface area contributed by atoms with E-state index in [2.05, 4.69) is 21.2 Å². The summed E-state index contributed by atoms with van der Waals surface area (Å²) in [5.41, 5.74) is 0.991. The van der Waals surface area contributed by atoms with E-state index in [0.717, 1.165) is 10.6 Å². The van der Waals surface area contributed by atoms with Gasteiger partial charge in [0, 0.05) is 22.6 Å². The van der Waals surface area contributed by atoms with E-state index in [1.54, 1.807) is 55.5 Å². The van der Waals surface area contributed by atoms with E-state index in [0.29, 0.717) is 27.3 Å². The lowest BCUT2D eigenvalue weighted by molar-refractivity contribution is -0.139. The molecule has 0 radical (unpaired) electrons. The van der Waals surface area contributed by atoms with E-state index in [4.69, 9.17) is 11.6 Å². The summed E-state index contributed by atoms with van der Waals surface area (Å²) in [6, 6.07) is 12.9. The normalized spacial score (nSPS) is 12.3. The molecule has 2 rings (SSSR count). The van der Waals surface area contributed by atoms with Gasteiger partial charge in [0.15, 0.2) is 0 Å². The first-order valence-corrected chi connectivity index (χ1v) is 13.5. The molecule has 2 aromatic rings. The molecular weight excluding hydrogens is 530 g/mol. The van der Waals surface area contributed by atoms with Crippen molar-refractivity contribution in [3.63, 3.8) is 0 Å². The summed E-state index contributed by atoms with van der Waals surface area (Å²) in [6.45, 7) is 5.62. The summed E-state index contributed by atoms with van der Waals surface area (Å²) in [6.07, 6.45) is 1.04. The topological polar surface area (TPSA) is 86.8 Å². The maximum absolute atomic E-state index is 13.5. The molecule has 0 aromatic heterocycles. The first-order chi connectivity index (χ1) is 15.4.